The van der Waals surface area contributed by atoms with Gasteiger partial charge in [-0.15, -0.1) is 0 Å². The highest BCUT2D eigenvalue weighted by Gasteiger charge is 2.46. The number of hydrogen-bond donors (Lipinski definition) is 0. The van der Waals surface area contributed by atoms with E-state index in [1.807, 2.05) is 0 Å². The number of ether oxygens (including phenoxy) is 1. The van der Waals surface area contributed by atoms with Crippen LogP contribution in [0.25, 0.3) is 0 Å². The SMILES string of the molecule is COC(=O)[C@H]1C(=O)CC2CC=CC[C@@H]21. The van der Waals surface area contributed by atoms with Crippen LogP contribution in [0.3, 0.4) is 0 Å². The molecule has 0 aromatic carbocycles. The van der Waals surface area contributed by atoms with E-state index in [2.05, 4.69) is 16.9 Å². The van der Waals surface area contributed by atoms with Gasteiger partial charge in [0.1, 0.15) is 11.7 Å². The standard InChI is InChI=1S/C11H14O3/c1-14-11(13)10-8-5-3-2-4-7(8)6-9(10)12/h2-3,7-8,10H,4-6H2,1H3/t7?,8-,10+/m0/s1. The number of fused-ring (bicyclic) bond motifs is 1. The second-order valence-corrected chi connectivity index (χ2v) is 4.04. The van der Waals surface area contributed by atoms with E-state index >= 15 is 0 Å². The average molecular weight is 194 g/mol. The maximum Gasteiger partial charge on any atom is 0.316 e. The third-order valence-corrected chi connectivity index (χ3v) is 3.31. The van der Waals surface area contributed by atoms with Crippen LogP contribution in [0, 0.1) is 17.8 Å². The van der Waals surface area contributed by atoms with Gasteiger partial charge in [0.05, 0.1) is 7.11 Å². The number of ketones is 1. The summed E-state index contributed by atoms with van der Waals surface area (Å²) < 4.78 is 4.67. The number of esters is 1. The van der Waals surface area contributed by atoms with Crippen LogP contribution < -0.4 is 0 Å². The molecule has 0 aliphatic heterocycles. The molecule has 0 aromatic heterocycles. The van der Waals surface area contributed by atoms with Gasteiger partial charge in [0.25, 0.3) is 0 Å². The predicted molar refractivity (Wildman–Crippen MR) is 50.5 cm³/mol. The molecule has 3 atom stereocenters. The summed E-state index contributed by atoms with van der Waals surface area (Å²) in [5, 5.41) is 0. The Bertz CT molecular complexity index is 293. The van der Waals surface area contributed by atoms with E-state index in [-0.39, 0.29) is 17.7 Å². The summed E-state index contributed by atoms with van der Waals surface area (Å²) in [6, 6.07) is 0. The van der Waals surface area contributed by atoms with Crippen molar-refractivity contribution in [1.82, 2.24) is 0 Å². The molecule has 0 saturated heterocycles. The third kappa shape index (κ3) is 1.37. The lowest BCUT2D eigenvalue weighted by atomic mass is 9.81. The van der Waals surface area contributed by atoms with E-state index in [1.165, 1.54) is 7.11 Å². The molecule has 0 N–H and O–H groups in total. The van der Waals surface area contributed by atoms with Gasteiger partial charge in [0.15, 0.2) is 0 Å². The van der Waals surface area contributed by atoms with Gasteiger partial charge in [-0.2, -0.15) is 0 Å². The first-order valence-electron chi connectivity index (χ1n) is 4.99. The molecule has 0 aromatic rings. The molecule has 3 heteroatoms. The van der Waals surface area contributed by atoms with E-state index in [0.29, 0.717) is 12.3 Å². The largest absolute Gasteiger partial charge is 0.468 e. The molecule has 0 spiro atoms. The monoisotopic (exact) mass is 194 g/mol. The molecule has 3 nitrogen and oxygen atoms in total. The zero-order chi connectivity index (χ0) is 10.1. The molecule has 1 saturated carbocycles. The first kappa shape index (κ1) is 9.44. The molecule has 1 fully saturated rings. The summed E-state index contributed by atoms with van der Waals surface area (Å²) in [5.41, 5.74) is 0. The molecule has 2 aliphatic rings. The van der Waals surface area contributed by atoms with Gasteiger partial charge in [0.2, 0.25) is 0 Å². The molecule has 1 unspecified atom stereocenters. The Morgan fingerprint density at radius 1 is 1.43 bits per heavy atom. The lowest BCUT2D eigenvalue weighted by Gasteiger charge is -2.23. The van der Waals surface area contributed by atoms with Crippen LogP contribution in [0.4, 0.5) is 0 Å². The summed E-state index contributed by atoms with van der Waals surface area (Å²) in [6.45, 7) is 0. The minimum Gasteiger partial charge on any atom is -0.468 e. The van der Waals surface area contributed by atoms with Gasteiger partial charge in [0, 0.05) is 6.42 Å². The van der Waals surface area contributed by atoms with E-state index in [0.717, 1.165) is 12.8 Å². The number of Topliss-reactive ketones (excluding diaryl/α,β-unsaturated/α-hetero) is 1. The van der Waals surface area contributed by atoms with Crippen molar-refractivity contribution in [1.29, 1.82) is 0 Å². The minimum absolute atomic E-state index is 0.0653. The molecule has 2 aliphatic carbocycles. The van der Waals surface area contributed by atoms with Gasteiger partial charge < -0.3 is 4.74 Å². The Kier molecular flexibility index (Phi) is 2.40. The maximum atomic E-state index is 11.6. The lowest BCUT2D eigenvalue weighted by molar-refractivity contribution is -0.149. The van der Waals surface area contributed by atoms with Gasteiger partial charge in [-0.3, -0.25) is 9.59 Å². The van der Waals surface area contributed by atoms with Crippen molar-refractivity contribution in [3.63, 3.8) is 0 Å². The normalized spacial score (nSPS) is 35.5. The Balaban J connectivity index is 2.19. The number of carbonyl (C=O) groups excluding carboxylic acids is 2. The van der Waals surface area contributed by atoms with E-state index < -0.39 is 5.92 Å². The van der Waals surface area contributed by atoms with E-state index in [1.54, 1.807) is 0 Å². The van der Waals surface area contributed by atoms with Crippen molar-refractivity contribution < 1.29 is 14.3 Å². The summed E-state index contributed by atoms with van der Waals surface area (Å²) in [6.07, 6.45) is 6.50. The Morgan fingerprint density at radius 3 is 2.86 bits per heavy atom. The van der Waals surface area contributed by atoms with Gasteiger partial charge in [-0.25, -0.2) is 0 Å². The van der Waals surface area contributed by atoms with Crippen molar-refractivity contribution >= 4 is 11.8 Å². The number of hydrogen-bond acceptors (Lipinski definition) is 3. The topological polar surface area (TPSA) is 43.4 Å². The quantitative estimate of drug-likeness (QED) is 0.359. The van der Waals surface area contributed by atoms with Crippen LogP contribution >= 0.6 is 0 Å². The lowest BCUT2D eigenvalue weighted by Crippen LogP contribution is -2.28. The van der Waals surface area contributed by atoms with Crippen LogP contribution in [-0.4, -0.2) is 18.9 Å². The van der Waals surface area contributed by atoms with Crippen molar-refractivity contribution in [2.75, 3.05) is 7.11 Å². The summed E-state index contributed by atoms with van der Waals surface area (Å²) in [5.74, 6) is -0.208. The van der Waals surface area contributed by atoms with Gasteiger partial charge in [-0.05, 0) is 24.7 Å². The second-order valence-electron chi connectivity index (χ2n) is 4.04. The van der Waals surface area contributed by atoms with Crippen molar-refractivity contribution in [2.45, 2.75) is 19.3 Å². The molecule has 0 bridgehead atoms. The van der Waals surface area contributed by atoms with E-state index in [9.17, 15) is 9.59 Å². The molecule has 76 valence electrons. The van der Waals surface area contributed by atoms with Gasteiger partial charge >= 0.3 is 5.97 Å². The fourth-order valence-electron chi connectivity index (χ4n) is 2.59. The summed E-state index contributed by atoms with van der Waals surface area (Å²) in [4.78, 5) is 23.0. The van der Waals surface area contributed by atoms with Crippen molar-refractivity contribution in [2.24, 2.45) is 17.8 Å². The van der Waals surface area contributed by atoms with Crippen molar-refractivity contribution in [3.8, 4) is 0 Å². The third-order valence-electron chi connectivity index (χ3n) is 3.31. The van der Waals surface area contributed by atoms with E-state index in [4.69, 9.17) is 0 Å². The Morgan fingerprint density at radius 2 is 2.14 bits per heavy atom. The predicted octanol–water partition coefficient (Wildman–Crippen LogP) is 1.33. The first-order valence-corrected chi connectivity index (χ1v) is 4.99. The fraction of sp³-hybridized carbons (Fsp3) is 0.636. The molecule has 14 heavy (non-hydrogen) atoms. The second kappa shape index (κ2) is 3.56. The highest BCUT2D eigenvalue weighted by molar-refractivity contribution is 6.01. The smallest absolute Gasteiger partial charge is 0.316 e. The number of rotatable bonds is 1. The van der Waals surface area contributed by atoms with Crippen LogP contribution in [-0.2, 0) is 14.3 Å². The molecule has 2 rings (SSSR count). The minimum atomic E-state index is -0.491. The summed E-state index contributed by atoms with van der Waals surface area (Å²) in [7, 11) is 1.35. The molecule has 0 radical (unpaired) electrons. The number of carbonyl (C=O) groups is 2. The van der Waals surface area contributed by atoms with Gasteiger partial charge in [-0.1, -0.05) is 12.2 Å². The first-order chi connectivity index (χ1) is 6.74. The van der Waals surface area contributed by atoms with Crippen LogP contribution in [0.15, 0.2) is 12.2 Å². The number of methoxy groups -OCH3 is 1. The maximum absolute atomic E-state index is 11.6. The zero-order valence-electron chi connectivity index (χ0n) is 8.23. The fourth-order valence-corrected chi connectivity index (χ4v) is 2.59. The Hall–Kier alpha value is -1.12. The van der Waals surface area contributed by atoms with Crippen molar-refractivity contribution in [3.05, 3.63) is 12.2 Å². The highest BCUT2D eigenvalue weighted by atomic mass is 16.5. The zero-order valence-corrected chi connectivity index (χ0v) is 8.23. The van der Waals surface area contributed by atoms with Crippen LogP contribution in [0.1, 0.15) is 19.3 Å². The molecule has 0 heterocycles. The molecule has 0 amide bonds. The van der Waals surface area contributed by atoms with Crippen LogP contribution in [0.2, 0.25) is 0 Å². The average Bonchev–Trinajstić information content (AvgIpc) is 2.53. The summed E-state index contributed by atoms with van der Waals surface area (Å²) >= 11 is 0. The highest BCUT2D eigenvalue weighted by Crippen LogP contribution is 2.41. The molecular formula is C11H14O3. The Labute approximate surface area is 83.1 Å². The molecular weight excluding hydrogens is 180 g/mol. The number of allylic oxidation sites excluding steroid dienone is 2. The van der Waals surface area contributed by atoms with Crippen LogP contribution in [0.5, 0.6) is 0 Å².